The summed E-state index contributed by atoms with van der Waals surface area (Å²) in [5.41, 5.74) is 10.2. The number of carbonyl (C=O) groups excluding carboxylic acids is 1. The van der Waals surface area contributed by atoms with E-state index in [9.17, 15) is 18.0 Å². The summed E-state index contributed by atoms with van der Waals surface area (Å²) in [4.78, 5) is 11.7. The molecule has 0 bridgehead atoms. The zero-order valence-electron chi connectivity index (χ0n) is 8.55. The van der Waals surface area contributed by atoms with Crippen LogP contribution in [-0.2, 0) is 4.79 Å². The molecule has 0 aromatic carbocycles. The van der Waals surface area contributed by atoms with Crippen LogP contribution in [0.5, 0.6) is 0 Å². The first kappa shape index (κ1) is 14.2. The molecule has 1 atom stereocenters. The molecule has 0 aliphatic carbocycles. The Morgan fingerprint density at radius 2 is 2.00 bits per heavy atom. The summed E-state index contributed by atoms with van der Waals surface area (Å²) in [6.07, 6.45) is -4.09. The highest BCUT2D eigenvalue weighted by atomic mass is 19.4. The molecule has 0 aromatic heterocycles. The molecule has 4 nitrogen and oxygen atoms in total. The number of amides is 1. The van der Waals surface area contributed by atoms with Crippen molar-refractivity contribution in [2.45, 2.75) is 25.6 Å². The first-order valence-electron chi connectivity index (χ1n) is 4.60. The second kappa shape index (κ2) is 5.92. The number of halogens is 3. The van der Waals surface area contributed by atoms with Crippen molar-refractivity contribution in [3.63, 3.8) is 0 Å². The number of primary amides is 1. The van der Waals surface area contributed by atoms with Crippen LogP contribution in [0, 0.1) is 0 Å². The first-order valence-corrected chi connectivity index (χ1v) is 4.60. The summed E-state index contributed by atoms with van der Waals surface area (Å²) in [6.45, 7) is 0.988. The van der Waals surface area contributed by atoms with Crippen LogP contribution in [0.2, 0.25) is 0 Å². The van der Waals surface area contributed by atoms with Gasteiger partial charge in [0.2, 0.25) is 5.91 Å². The number of alkyl halides is 3. The lowest BCUT2D eigenvalue weighted by atomic mass is 10.2. The van der Waals surface area contributed by atoms with E-state index in [0.717, 1.165) is 0 Å². The van der Waals surface area contributed by atoms with Gasteiger partial charge in [-0.05, 0) is 13.0 Å². The smallest absolute Gasteiger partial charge is 0.368 e. The lowest BCUT2D eigenvalue weighted by Crippen LogP contribution is -2.41. The van der Waals surface area contributed by atoms with Crippen molar-refractivity contribution in [2.75, 3.05) is 19.6 Å². The minimum atomic E-state index is -4.23. The highest BCUT2D eigenvalue weighted by molar-refractivity contribution is 5.79. The number of rotatable bonds is 6. The monoisotopic (exact) mass is 227 g/mol. The van der Waals surface area contributed by atoms with Gasteiger partial charge in [0.1, 0.15) is 0 Å². The van der Waals surface area contributed by atoms with Gasteiger partial charge in [0, 0.05) is 6.54 Å². The molecular weight excluding hydrogens is 211 g/mol. The molecule has 0 spiro atoms. The first-order chi connectivity index (χ1) is 6.76. The van der Waals surface area contributed by atoms with Gasteiger partial charge in [-0.1, -0.05) is 6.92 Å². The van der Waals surface area contributed by atoms with E-state index in [1.165, 1.54) is 4.90 Å². The fourth-order valence-electron chi connectivity index (χ4n) is 1.07. The number of hydrogen-bond donors (Lipinski definition) is 2. The molecule has 90 valence electrons. The van der Waals surface area contributed by atoms with Crippen LogP contribution in [-0.4, -0.2) is 42.7 Å². The second-order valence-corrected chi connectivity index (χ2v) is 3.28. The lowest BCUT2D eigenvalue weighted by molar-refractivity contribution is -0.145. The molecule has 0 aliphatic heterocycles. The Kier molecular flexibility index (Phi) is 5.59. The molecule has 0 aliphatic rings. The summed E-state index contributed by atoms with van der Waals surface area (Å²) in [7, 11) is 0. The van der Waals surface area contributed by atoms with Gasteiger partial charge in [-0.25, -0.2) is 0 Å². The van der Waals surface area contributed by atoms with Gasteiger partial charge in [-0.2, -0.15) is 13.2 Å². The van der Waals surface area contributed by atoms with Crippen molar-refractivity contribution >= 4 is 5.91 Å². The number of hydrogen-bond acceptors (Lipinski definition) is 3. The molecule has 15 heavy (non-hydrogen) atoms. The average Bonchev–Trinajstić information content (AvgIpc) is 2.09. The van der Waals surface area contributed by atoms with Crippen LogP contribution in [0.4, 0.5) is 13.2 Å². The molecule has 0 radical (unpaired) electrons. The highest BCUT2D eigenvalue weighted by Gasteiger charge is 2.30. The van der Waals surface area contributed by atoms with E-state index in [1.807, 2.05) is 0 Å². The van der Waals surface area contributed by atoms with Crippen LogP contribution in [0.1, 0.15) is 13.3 Å². The summed E-state index contributed by atoms with van der Waals surface area (Å²) in [5, 5.41) is 0. The third-order valence-corrected chi connectivity index (χ3v) is 1.97. The van der Waals surface area contributed by atoms with E-state index >= 15 is 0 Å². The molecule has 0 saturated heterocycles. The van der Waals surface area contributed by atoms with Crippen LogP contribution >= 0.6 is 0 Å². The van der Waals surface area contributed by atoms with Crippen molar-refractivity contribution in [2.24, 2.45) is 11.5 Å². The maximum absolute atomic E-state index is 12.0. The third kappa shape index (κ3) is 7.15. The van der Waals surface area contributed by atoms with E-state index in [2.05, 4.69) is 0 Å². The maximum atomic E-state index is 12.0. The summed E-state index contributed by atoms with van der Waals surface area (Å²) in [5.74, 6) is -0.696. The van der Waals surface area contributed by atoms with Gasteiger partial charge < -0.3 is 11.5 Å². The standard InChI is InChI=1S/C8H16F3N3O/c1-2-14(5-8(9,10)11)4-3-6(12)7(13)15/h6H,2-5,12H2,1H3,(H2,13,15). The average molecular weight is 227 g/mol. The van der Waals surface area contributed by atoms with Crippen LogP contribution in [0.15, 0.2) is 0 Å². The molecule has 7 heteroatoms. The molecule has 0 fully saturated rings. The van der Waals surface area contributed by atoms with E-state index < -0.39 is 24.7 Å². The Bertz CT molecular complexity index is 208. The van der Waals surface area contributed by atoms with Crippen molar-refractivity contribution in [1.29, 1.82) is 0 Å². The van der Waals surface area contributed by atoms with Gasteiger partial charge >= 0.3 is 6.18 Å². The van der Waals surface area contributed by atoms with E-state index in [0.29, 0.717) is 0 Å². The molecule has 0 heterocycles. The molecule has 0 aromatic rings. The zero-order valence-corrected chi connectivity index (χ0v) is 8.55. The van der Waals surface area contributed by atoms with Crippen LogP contribution in [0.25, 0.3) is 0 Å². The third-order valence-electron chi connectivity index (χ3n) is 1.97. The lowest BCUT2D eigenvalue weighted by Gasteiger charge is -2.22. The van der Waals surface area contributed by atoms with Crippen LogP contribution in [0.3, 0.4) is 0 Å². The SMILES string of the molecule is CCN(CCC(N)C(N)=O)CC(F)(F)F. The number of nitrogens with two attached hydrogens (primary N) is 2. The minimum Gasteiger partial charge on any atom is -0.368 e. The van der Waals surface area contributed by atoms with Gasteiger partial charge in [0.05, 0.1) is 12.6 Å². The highest BCUT2D eigenvalue weighted by Crippen LogP contribution is 2.16. The van der Waals surface area contributed by atoms with Gasteiger partial charge in [-0.3, -0.25) is 9.69 Å². The topological polar surface area (TPSA) is 72.3 Å². The van der Waals surface area contributed by atoms with E-state index in [-0.39, 0.29) is 19.5 Å². The van der Waals surface area contributed by atoms with Crippen molar-refractivity contribution < 1.29 is 18.0 Å². The van der Waals surface area contributed by atoms with E-state index in [1.54, 1.807) is 6.92 Å². The second-order valence-electron chi connectivity index (χ2n) is 3.28. The Labute approximate surface area is 86.4 Å². The number of carbonyl (C=O) groups is 1. The predicted octanol–water partition coefficient (Wildman–Crippen LogP) is 0.0733. The number of nitrogens with zero attached hydrogens (tertiary/aromatic N) is 1. The summed E-state index contributed by atoms with van der Waals surface area (Å²) < 4.78 is 36.0. The molecule has 0 rings (SSSR count). The van der Waals surface area contributed by atoms with Crippen molar-refractivity contribution in [1.82, 2.24) is 4.90 Å². The molecule has 1 unspecified atom stereocenters. The normalized spacial score (nSPS) is 14.3. The van der Waals surface area contributed by atoms with Crippen LogP contribution < -0.4 is 11.5 Å². The Balaban J connectivity index is 3.96. The Hall–Kier alpha value is -0.820. The van der Waals surface area contributed by atoms with Gasteiger partial charge in [0.25, 0.3) is 0 Å². The largest absolute Gasteiger partial charge is 0.401 e. The quantitative estimate of drug-likeness (QED) is 0.674. The molecular formula is C8H16F3N3O. The maximum Gasteiger partial charge on any atom is 0.401 e. The molecule has 1 amide bonds. The summed E-state index contributed by atoms with van der Waals surface area (Å²) >= 11 is 0. The molecule has 0 saturated carbocycles. The molecule has 4 N–H and O–H groups in total. The van der Waals surface area contributed by atoms with E-state index in [4.69, 9.17) is 11.5 Å². The zero-order chi connectivity index (χ0) is 12.1. The predicted molar refractivity (Wildman–Crippen MR) is 50.0 cm³/mol. The van der Waals surface area contributed by atoms with Gasteiger partial charge in [-0.15, -0.1) is 0 Å². The Morgan fingerprint density at radius 3 is 2.33 bits per heavy atom. The van der Waals surface area contributed by atoms with Crippen molar-refractivity contribution in [3.8, 4) is 0 Å². The summed E-state index contributed by atoms with van der Waals surface area (Å²) in [6, 6.07) is -0.882. The Morgan fingerprint density at radius 1 is 1.47 bits per heavy atom. The fourth-order valence-corrected chi connectivity index (χ4v) is 1.07. The minimum absolute atomic E-state index is 0.111. The van der Waals surface area contributed by atoms with Gasteiger partial charge in [0.15, 0.2) is 0 Å². The van der Waals surface area contributed by atoms with Crippen molar-refractivity contribution in [3.05, 3.63) is 0 Å². The fraction of sp³-hybridized carbons (Fsp3) is 0.875.